The van der Waals surface area contributed by atoms with E-state index in [9.17, 15) is 4.79 Å². The second-order valence-corrected chi connectivity index (χ2v) is 7.14. The molecule has 2 saturated heterocycles. The number of hydrogen-bond acceptors (Lipinski definition) is 5. The molecule has 1 amide bonds. The van der Waals surface area contributed by atoms with E-state index in [4.69, 9.17) is 0 Å². The van der Waals surface area contributed by atoms with Gasteiger partial charge >= 0.3 is 0 Å². The molecule has 1 atom stereocenters. The van der Waals surface area contributed by atoms with Crippen LogP contribution in [0.1, 0.15) is 25.7 Å². The number of carbonyl (C=O) groups is 1. The minimum Gasteiger partial charge on any atom is -0.353 e. The number of nitrogens with one attached hydrogen (secondary N) is 1. The lowest BCUT2D eigenvalue weighted by atomic mass is 9.83. The number of carbonyl (C=O) groups excluding carboxylic acids is 1. The molecule has 1 N–H and O–H groups in total. The first kappa shape index (κ1) is 17.8. The third-order valence-electron chi connectivity index (χ3n) is 5.70. The topological polar surface area (TPSA) is 77.5 Å². The van der Waals surface area contributed by atoms with Crippen molar-refractivity contribution in [2.45, 2.75) is 37.1 Å². The summed E-state index contributed by atoms with van der Waals surface area (Å²) in [5.74, 6) is -2.60. The molecule has 0 radical (unpaired) electrons. The predicted octanol–water partition coefficient (Wildman–Crippen LogP) is 2.26. The van der Waals surface area contributed by atoms with Gasteiger partial charge in [0, 0.05) is 45.5 Å². The number of likely N-dealkylation sites (tertiary alicyclic amines) is 1. The lowest BCUT2D eigenvalue weighted by molar-refractivity contribution is -0.147. The second-order valence-electron chi connectivity index (χ2n) is 7.14. The molecule has 4 rings (SSSR count). The van der Waals surface area contributed by atoms with Gasteiger partial charge in [-0.1, -0.05) is 0 Å². The Hall–Kier alpha value is -2.58. The molecule has 7 nitrogen and oxygen atoms in total. The summed E-state index contributed by atoms with van der Waals surface area (Å²) >= 11 is 0. The standard InChI is InChI=1S/C18H22F2N6O/c1-21-7-4-14(27)26-10-6-18(19,20)17(26)5-2-9-25(11-17)16-13-3-8-22-15(13)23-12-24-16/h3,7-8,12H,2,4-6,9-11H2,1H3,(H,22,23,24)/b21-7-. The molecule has 2 fully saturated rings. The maximum Gasteiger partial charge on any atom is 0.274 e. The molecular weight excluding hydrogens is 354 g/mol. The number of aromatic amines is 1. The van der Waals surface area contributed by atoms with E-state index < -0.39 is 11.5 Å². The van der Waals surface area contributed by atoms with E-state index in [1.54, 1.807) is 13.2 Å². The smallest absolute Gasteiger partial charge is 0.274 e. The number of aliphatic imine (C=N–C) groups is 1. The average molecular weight is 376 g/mol. The van der Waals surface area contributed by atoms with Gasteiger partial charge in [-0.2, -0.15) is 0 Å². The van der Waals surface area contributed by atoms with Gasteiger partial charge in [-0.05, 0) is 18.9 Å². The van der Waals surface area contributed by atoms with E-state index >= 15 is 8.78 Å². The number of nitrogens with zero attached hydrogens (tertiary/aromatic N) is 5. The lowest BCUT2D eigenvalue weighted by Gasteiger charge is -2.48. The van der Waals surface area contributed by atoms with Crippen LogP contribution in [0.4, 0.5) is 14.6 Å². The van der Waals surface area contributed by atoms with Gasteiger partial charge in [-0.25, -0.2) is 18.7 Å². The predicted molar refractivity (Wildman–Crippen MR) is 98.4 cm³/mol. The molecule has 9 heteroatoms. The Morgan fingerprint density at radius 3 is 3.04 bits per heavy atom. The van der Waals surface area contributed by atoms with E-state index in [1.807, 2.05) is 11.0 Å². The quantitative estimate of drug-likeness (QED) is 0.834. The highest BCUT2D eigenvalue weighted by molar-refractivity contribution is 5.91. The monoisotopic (exact) mass is 376 g/mol. The third-order valence-corrected chi connectivity index (χ3v) is 5.70. The molecule has 0 aromatic carbocycles. The Balaban J connectivity index is 1.70. The zero-order valence-electron chi connectivity index (χ0n) is 15.2. The molecular formula is C18H22F2N6O. The molecule has 0 saturated carbocycles. The van der Waals surface area contributed by atoms with Crippen LogP contribution < -0.4 is 4.90 Å². The molecule has 0 bridgehead atoms. The van der Waals surface area contributed by atoms with E-state index in [-0.39, 0.29) is 38.3 Å². The summed E-state index contributed by atoms with van der Waals surface area (Å²) in [5, 5.41) is 0.798. The van der Waals surface area contributed by atoms with Crippen LogP contribution in [0.3, 0.4) is 0 Å². The Kier molecular flexibility index (Phi) is 4.32. The summed E-state index contributed by atoms with van der Waals surface area (Å²) in [6.45, 7) is 0.750. The minimum atomic E-state index is -2.94. The Bertz CT molecular complexity index is 882. The first-order valence-corrected chi connectivity index (χ1v) is 9.10. The maximum atomic E-state index is 15.1. The van der Waals surface area contributed by atoms with Crippen LogP contribution in [0, 0.1) is 0 Å². The number of piperidine rings is 1. The van der Waals surface area contributed by atoms with Crippen LogP contribution in [-0.2, 0) is 4.79 Å². The fourth-order valence-electron chi connectivity index (χ4n) is 4.39. The summed E-state index contributed by atoms with van der Waals surface area (Å²) in [4.78, 5) is 31.2. The first-order chi connectivity index (χ1) is 13.0. The van der Waals surface area contributed by atoms with Crippen molar-refractivity contribution in [1.82, 2.24) is 19.9 Å². The Morgan fingerprint density at radius 1 is 1.37 bits per heavy atom. The van der Waals surface area contributed by atoms with Crippen LogP contribution in [0.25, 0.3) is 11.0 Å². The number of anilines is 1. The highest BCUT2D eigenvalue weighted by Crippen LogP contribution is 2.49. The van der Waals surface area contributed by atoms with Gasteiger partial charge in [0.05, 0.1) is 11.8 Å². The van der Waals surface area contributed by atoms with Gasteiger partial charge < -0.3 is 19.8 Å². The molecule has 1 unspecified atom stereocenters. The summed E-state index contributed by atoms with van der Waals surface area (Å²) in [6, 6.07) is 1.85. The molecule has 2 aliphatic rings. The number of aromatic nitrogens is 3. The van der Waals surface area contributed by atoms with Crippen molar-refractivity contribution in [2.24, 2.45) is 4.99 Å². The lowest BCUT2D eigenvalue weighted by Crippen LogP contribution is -2.64. The van der Waals surface area contributed by atoms with Gasteiger partial charge in [0.2, 0.25) is 5.91 Å². The van der Waals surface area contributed by atoms with Gasteiger partial charge in [-0.3, -0.25) is 4.79 Å². The second kappa shape index (κ2) is 6.54. The highest BCUT2D eigenvalue weighted by Gasteiger charge is 2.64. The number of hydrogen-bond donors (Lipinski definition) is 1. The van der Waals surface area contributed by atoms with Crippen molar-refractivity contribution in [2.75, 3.05) is 31.6 Å². The molecule has 0 aliphatic carbocycles. The van der Waals surface area contributed by atoms with Crippen molar-refractivity contribution in [3.8, 4) is 0 Å². The van der Waals surface area contributed by atoms with Crippen LogP contribution in [0.2, 0.25) is 0 Å². The number of alkyl halides is 2. The van der Waals surface area contributed by atoms with Crippen LogP contribution in [0.5, 0.6) is 0 Å². The number of halogens is 2. The van der Waals surface area contributed by atoms with Gasteiger partial charge in [0.15, 0.2) is 0 Å². The largest absolute Gasteiger partial charge is 0.353 e. The summed E-state index contributed by atoms with van der Waals surface area (Å²) in [7, 11) is 1.57. The van der Waals surface area contributed by atoms with E-state index in [0.717, 1.165) is 5.39 Å². The van der Waals surface area contributed by atoms with Crippen molar-refractivity contribution in [3.05, 3.63) is 18.6 Å². The molecule has 2 aromatic heterocycles. The van der Waals surface area contributed by atoms with Gasteiger partial charge in [0.25, 0.3) is 5.92 Å². The molecule has 144 valence electrons. The minimum absolute atomic E-state index is 0.0455. The SMILES string of the molecule is C/N=C\CC(=O)N1CCC(F)(F)C12CCCN(c1ncnc3[nH]ccc13)C2. The zero-order chi connectivity index (χ0) is 19.1. The van der Waals surface area contributed by atoms with Crippen molar-refractivity contribution >= 4 is 29.0 Å². The van der Waals surface area contributed by atoms with Crippen molar-refractivity contribution in [3.63, 3.8) is 0 Å². The maximum absolute atomic E-state index is 15.1. The van der Waals surface area contributed by atoms with Crippen LogP contribution >= 0.6 is 0 Å². The van der Waals surface area contributed by atoms with Crippen LogP contribution in [-0.4, -0.2) is 70.1 Å². The van der Waals surface area contributed by atoms with E-state index in [0.29, 0.717) is 24.4 Å². The third kappa shape index (κ3) is 2.76. The number of H-pyrrole nitrogens is 1. The number of fused-ring (bicyclic) bond motifs is 1. The Morgan fingerprint density at radius 2 is 2.22 bits per heavy atom. The van der Waals surface area contributed by atoms with Crippen LogP contribution in [0.15, 0.2) is 23.6 Å². The Labute approximate surface area is 155 Å². The normalized spacial score (nSPS) is 25.1. The molecule has 4 heterocycles. The van der Waals surface area contributed by atoms with Gasteiger partial charge in [0.1, 0.15) is 23.3 Å². The molecule has 1 spiro atoms. The summed E-state index contributed by atoms with van der Waals surface area (Å²) in [6.07, 6.45) is 5.25. The van der Waals surface area contributed by atoms with Crippen molar-refractivity contribution in [1.29, 1.82) is 0 Å². The van der Waals surface area contributed by atoms with E-state index in [2.05, 4.69) is 19.9 Å². The highest BCUT2D eigenvalue weighted by atomic mass is 19.3. The molecule has 2 aliphatic heterocycles. The average Bonchev–Trinajstić information content (AvgIpc) is 3.23. The molecule has 27 heavy (non-hydrogen) atoms. The number of amides is 1. The summed E-state index contributed by atoms with van der Waals surface area (Å²) < 4.78 is 30.1. The van der Waals surface area contributed by atoms with Gasteiger partial charge in [-0.15, -0.1) is 0 Å². The summed E-state index contributed by atoms with van der Waals surface area (Å²) in [5.41, 5.74) is -0.831. The fourth-order valence-corrected chi connectivity index (χ4v) is 4.39. The number of rotatable bonds is 3. The van der Waals surface area contributed by atoms with Crippen molar-refractivity contribution < 1.29 is 13.6 Å². The zero-order valence-corrected chi connectivity index (χ0v) is 15.2. The van der Waals surface area contributed by atoms with E-state index in [1.165, 1.54) is 17.4 Å². The first-order valence-electron chi connectivity index (χ1n) is 9.10. The fraction of sp³-hybridized carbons (Fsp3) is 0.556. The molecule has 2 aromatic rings.